The molecular weight excluding hydrogens is 176 g/mol. The van der Waals surface area contributed by atoms with Crippen LogP contribution in [0.15, 0.2) is 0 Å². The van der Waals surface area contributed by atoms with Gasteiger partial charge in [-0.15, -0.1) is 0 Å². The molecule has 0 aliphatic rings. The van der Waals surface area contributed by atoms with Gasteiger partial charge in [0.25, 0.3) is 0 Å². The van der Waals surface area contributed by atoms with E-state index in [0.717, 1.165) is 11.4 Å². The first-order valence-electron chi connectivity index (χ1n) is 4.91. The van der Waals surface area contributed by atoms with Gasteiger partial charge in [0.05, 0.1) is 11.4 Å². The highest BCUT2D eigenvalue weighted by Gasteiger charge is 2.17. The van der Waals surface area contributed by atoms with E-state index in [1.807, 2.05) is 18.6 Å². The van der Waals surface area contributed by atoms with Crippen LogP contribution >= 0.6 is 0 Å². The van der Waals surface area contributed by atoms with Crippen LogP contribution in [0.3, 0.4) is 0 Å². The van der Waals surface area contributed by atoms with Crippen molar-refractivity contribution < 1.29 is 0 Å². The Balaban J connectivity index is 2.86. The van der Waals surface area contributed by atoms with Crippen LogP contribution in [-0.4, -0.2) is 19.6 Å². The predicted octanol–water partition coefficient (Wildman–Crippen LogP) is 1.81. The van der Waals surface area contributed by atoms with Gasteiger partial charge in [-0.1, -0.05) is 13.8 Å². The Morgan fingerprint density at radius 3 is 2.29 bits per heavy atom. The maximum Gasteiger partial charge on any atom is 0.114 e. The molecule has 0 saturated heterocycles. The lowest BCUT2D eigenvalue weighted by atomic mass is 10.0. The van der Waals surface area contributed by atoms with Crippen molar-refractivity contribution in [2.75, 3.05) is 0 Å². The molecule has 4 nitrogen and oxygen atoms in total. The number of nitrogens with zero attached hydrogens (tertiary/aromatic N) is 4. The molecule has 0 radical (unpaired) electrons. The van der Waals surface area contributed by atoms with Crippen LogP contribution in [-0.2, 0) is 7.05 Å². The highest BCUT2D eigenvalue weighted by Crippen LogP contribution is 2.25. The van der Waals surface area contributed by atoms with Crippen LogP contribution in [0, 0.1) is 13.8 Å². The summed E-state index contributed by atoms with van der Waals surface area (Å²) in [5.41, 5.74) is 4.64. The molecule has 0 aromatic carbocycles. The Morgan fingerprint density at radius 1 is 1.07 bits per heavy atom. The van der Waals surface area contributed by atoms with Gasteiger partial charge in [-0.2, -0.15) is 19.6 Å². The number of hydrogen-bond acceptors (Lipinski definition) is 2. The van der Waals surface area contributed by atoms with Gasteiger partial charge in [0.2, 0.25) is 0 Å². The largest absolute Gasteiger partial charge is 0.187 e. The van der Waals surface area contributed by atoms with Gasteiger partial charge >= 0.3 is 0 Å². The summed E-state index contributed by atoms with van der Waals surface area (Å²) < 4.78 is 1.88. The van der Waals surface area contributed by atoms with E-state index >= 15 is 0 Å². The van der Waals surface area contributed by atoms with Crippen molar-refractivity contribution in [3.8, 4) is 0 Å². The normalized spacial score (nSPS) is 11.9. The van der Waals surface area contributed by atoms with Crippen molar-refractivity contribution in [1.82, 2.24) is 19.6 Å². The van der Waals surface area contributed by atoms with Crippen LogP contribution < -0.4 is 0 Å². The fourth-order valence-electron chi connectivity index (χ4n) is 2.07. The Kier molecular flexibility index (Phi) is 1.87. The first-order chi connectivity index (χ1) is 6.52. The van der Waals surface area contributed by atoms with Crippen LogP contribution in [0.2, 0.25) is 0 Å². The number of fused-ring (bicyclic) bond motifs is 1. The zero-order valence-electron chi connectivity index (χ0n) is 9.37. The van der Waals surface area contributed by atoms with Crippen LogP contribution in [0.1, 0.15) is 36.7 Å². The Morgan fingerprint density at radius 2 is 1.71 bits per heavy atom. The summed E-state index contributed by atoms with van der Waals surface area (Å²) in [6.07, 6.45) is 0. The molecular formula is C10H16N4. The lowest BCUT2D eigenvalue weighted by Crippen LogP contribution is -2.02. The van der Waals surface area contributed by atoms with E-state index < -0.39 is 0 Å². The van der Waals surface area contributed by atoms with Crippen molar-refractivity contribution in [2.24, 2.45) is 7.05 Å². The molecule has 0 atom stereocenters. The fourth-order valence-corrected chi connectivity index (χ4v) is 2.07. The second-order valence-electron chi connectivity index (χ2n) is 4.07. The van der Waals surface area contributed by atoms with E-state index in [1.54, 1.807) is 4.80 Å². The minimum absolute atomic E-state index is 0.496. The molecule has 4 heteroatoms. The van der Waals surface area contributed by atoms with E-state index in [9.17, 15) is 0 Å². The Bertz CT molecular complexity index is 476. The van der Waals surface area contributed by atoms with Gasteiger partial charge in [-0.05, 0) is 19.8 Å². The molecule has 0 saturated carbocycles. The van der Waals surface area contributed by atoms with Crippen molar-refractivity contribution in [3.63, 3.8) is 0 Å². The standard InChI is InChI=1S/C10H16N4/c1-6(2)9-7(3)12-14-10(9)8(4)11-13(14)5/h6H,1-5H3. The maximum absolute atomic E-state index is 4.47. The molecule has 0 aliphatic carbocycles. The molecule has 0 N–H and O–H groups in total. The third-order valence-electron chi connectivity index (χ3n) is 2.58. The zero-order chi connectivity index (χ0) is 10.5. The first kappa shape index (κ1) is 9.24. The minimum atomic E-state index is 0.496. The summed E-state index contributed by atoms with van der Waals surface area (Å²) in [5, 5.41) is 8.82. The van der Waals surface area contributed by atoms with Gasteiger partial charge in [0, 0.05) is 12.6 Å². The van der Waals surface area contributed by atoms with E-state index in [4.69, 9.17) is 0 Å². The second-order valence-corrected chi connectivity index (χ2v) is 4.07. The summed E-state index contributed by atoms with van der Waals surface area (Å²) in [4.78, 5) is 1.78. The molecule has 76 valence electrons. The number of aryl methyl sites for hydroxylation is 3. The highest BCUT2D eigenvalue weighted by atomic mass is 15.6. The summed E-state index contributed by atoms with van der Waals surface area (Å²) >= 11 is 0. The van der Waals surface area contributed by atoms with Crippen molar-refractivity contribution in [2.45, 2.75) is 33.6 Å². The Labute approximate surface area is 83.5 Å². The fraction of sp³-hybridized carbons (Fsp3) is 0.600. The molecule has 0 amide bonds. The zero-order valence-corrected chi connectivity index (χ0v) is 9.37. The maximum atomic E-state index is 4.47. The van der Waals surface area contributed by atoms with Gasteiger partial charge < -0.3 is 0 Å². The van der Waals surface area contributed by atoms with Crippen molar-refractivity contribution in [3.05, 3.63) is 17.0 Å². The average molecular weight is 192 g/mol. The summed E-state index contributed by atoms with van der Waals surface area (Å²) in [5.74, 6) is 0.496. The first-order valence-corrected chi connectivity index (χ1v) is 4.91. The second kappa shape index (κ2) is 2.83. The average Bonchev–Trinajstić information content (AvgIpc) is 2.52. The molecule has 2 heterocycles. The van der Waals surface area contributed by atoms with E-state index in [1.165, 1.54) is 11.1 Å². The lowest BCUT2D eigenvalue weighted by molar-refractivity contribution is 0.552. The van der Waals surface area contributed by atoms with E-state index in [0.29, 0.717) is 5.92 Å². The van der Waals surface area contributed by atoms with E-state index in [-0.39, 0.29) is 0 Å². The monoisotopic (exact) mass is 192 g/mol. The molecule has 0 bridgehead atoms. The van der Waals surface area contributed by atoms with Gasteiger partial charge in [0.1, 0.15) is 5.52 Å². The minimum Gasteiger partial charge on any atom is -0.187 e. The van der Waals surface area contributed by atoms with Crippen LogP contribution in [0.5, 0.6) is 0 Å². The molecule has 2 aromatic rings. The van der Waals surface area contributed by atoms with Crippen molar-refractivity contribution in [1.29, 1.82) is 0 Å². The smallest absolute Gasteiger partial charge is 0.114 e. The van der Waals surface area contributed by atoms with Crippen LogP contribution in [0.4, 0.5) is 0 Å². The topological polar surface area (TPSA) is 35.1 Å². The Hall–Kier alpha value is -1.32. The summed E-state index contributed by atoms with van der Waals surface area (Å²) in [7, 11) is 1.91. The van der Waals surface area contributed by atoms with Crippen LogP contribution in [0.25, 0.3) is 5.52 Å². The van der Waals surface area contributed by atoms with Crippen molar-refractivity contribution >= 4 is 5.52 Å². The molecule has 0 unspecified atom stereocenters. The van der Waals surface area contributed by atoms with Gasteiger partial charge in [-0.25, -0.2) is 0 Å². The number of aromatic nitrogens is 4. The SMILES string of the molecule is Cc1nn2c(c(C)nn2C)c1C(C)C. The third kappa shape index (κ3) is 1.06. The van der Waals surface area contributed by atoms with E-state index in [2.05, 4.69) is 31.0 Å². The third-order valence-corrected chi connectivity index (χ3v) is 2.58. The molecule has 0 fully saturated rings. The molecule has 14 heavy (non-hydrogen) atoms. The lowest BCUT2D eigenvalue weighted by Gasteiger charge is -2.01. The number of hydrogen-bond donors (Lipinski definition) is 0. The molecule has 2 aromatic heterocycles. The van der Waals surface area contributed by atoms with Gasteiger partial charge in [-0.3, -0.25) is 0 Å². The predicted molar refractivity (Wildman–Crippen MR) is 55.5 cm³/mol. The number of rotatable bonds is 1. The highest BCUT2D eigenvalue weighted by molar-refractivity contribution is 5.60. The molecule has 2 rings (SSSR count). The molecule has 0 aliphatic heterocycles. The quantitative estimate of drug-likeness (QED) is 0.690. The summed E-state index contributed by atoms with van der Waals surface area (Å²) in [6, 6.07) is 0. The molecule has 0 spiro atoms. The van der Waals surface area contributed by atoms with Gasteiger partial charge in [0.15, 0.2) is 0 Å². The summed E-state index contributed by atoms with van der Waals surface area (Å²) in [6.45, 7) is 8.47.